The zero-order valence-corrected chi connectivity index (χ0v) is 19.0. The van der Waals surface area contributed by atoms with Crippen LogP contribution in [0.2, 0.25) is 0 Å². The molecule has 6 nitrogen and oxygen atoms in total. The van der Waals surface area contributed by atoms with E-state index in [1.54, 1.807) is 20.4 Å². The van der Waals surface area contributed by atoms with Gasteiger partial charge in [0.25, 0.3) is 0 Å². The van der Waals surface area contributed by atoms with Crippen molar-refractivity contribution in [1.29, 1.82) is 0 Å². The summed E-state index contributed by atoms with van der Waals surface area (Å²) < 4.78 is 7.37. The van der Waals surface area contributed by atoms with Gasteiger partial charge in [0.15, 0.2) is 5.96 Å². The van der Waals surface area contributed by atoms with Gasteiger partial charge in [-0.25, -0.2) is 4.98 Å². The van der Waals surface area contributed by atoms with Gasteiger partial charge in [-0.3, -0.25) is 4.99 Å². The van der Waals surface area contributed by atoms with Gasteiger partial charge in [0.05, 0.1) is 13.4 Å². The third-order valence-electron chi connectivity index (χ3n) is 5.47. The van der Waals surface area contributed by atoms with Crippen LogP contribution in [0.1, 0.15) is 16.7 Å². The van der Waals surface area contributed by atoms with Gasteiger partial charge in [-0.2, -0.15) is 0 Å². The first-order chi connectivity index (χ1) is 16.2. The molecule has 0 unspecified atom stereocenters. The van der Waals surface area contributed by atoms with Crippen LogP contribution < -0.4 is 15.4 Å². The first-order valence-electron chi connectivity index (χ1n) is 11.0. The molecule has 3 aromatic carbocycles. The van der Waals surface area contributed by atoms with Crippen LogP contribution in [0.5, 0.6) is 5.75 Å². The highest BCUT2D eigenvalue weighted by Gasteiger charge is 2.07. The third kappa shape index (κ3) is 6.01. The van der Waals surface area contributed by atoms with Gasteiger partial charge in [0.2, 0.25) is 0 Å². The first-order valence-corrected chi connectivity index (χ1v) is 11.0. The Balaban J connectivity index is 1.39. The smallest absolute Gasteiger partial charge is 0.191 e. The van der Waals surface area contributed by atoms with Crippen LogP contribution in [0.25, 0.3) is 11.1 Å². The van der Waals surface area contributed by atoms with E-state index in [1.165, 1.54) is 22.3 Å². The quantitative estimate of drug-likeness (QED) is 0.314. The summed E-state index contributed by atoms with van der Waals surface area (Å²) in [5.74, 6) is 1.60. The van der Waals surface area contributed by atoms with Crippen LogP contribution in [0.4, 0.5) is 0 Å². The minimum Gasteiger partial charge on any atom is -0.497 e. The van der Waals surface area contributed by atoms with Crippen LogP contribution in [-0.2, 0) is 19.6 Å². The summed E-state index contributed by atoms with van der Waals surface area (Å²) in [6, 6.07) is 25.2. The molecule has 168 valence electrons. The Hall–Kier alpha value is -4.06. The second-order valence-corrected chi connectivity index (χ2v) is 7.72. The van der Waals surface area contributed by atoms with E-state index in [1.807, 2.05) is 30.7 Å². The standard InChI is InChI=1S/C27H29N5O/c1-28-27(30-17-22-6-5-8-25(16-22)33-2)31-18-24-7-3-4-9-26(24)23-12-10-21(11-13-23)19-32-15-14-29-20-32/h3-16,20H,17-19H2,1-2H3,(H2,28,30,31). The number of hydrogen-bond acceptors (Lipinski definition) is 3. The average Bonchev–Trinajstić information content (AvgIpc) is 3.38. The highest BCUT2D eigenvalue weighted by molar-refractivity contribution is 5.80. The summed E-state index contributed by atoms with van der Waals surface area (Å²) in [5, 5.41) is 6.80. The van der Waals surface area contributed by atoms with Crippen molar-refractivity contribution in [2.45, 2.75) is 19.6 Å². The largest absolute Gasteiger partial charge is 0.497 e. The van der Waals surface area contributed by atoms with Crippen molar-refractivity contribution in [3.63, 3.8) is 0 Å². The van der Waals surface area contributed by atoms with Crippen molar-refractivity contribution >= 4 is 5.96 Å². The molecule has 2 N–H and O–H groups in total. The number of imidazole rings is 1. The fourth-order valence-corrected chi connectivity index (χ4v) is 3.70. The Morgan fingerprint density at radius 2 is 1.76 bits per heavy atom. The van der Waals surface area contributed by atoms with Crippen molar-refractivity contribution in [2.75, 3.05) is 14.2 Å². The molecule has 4 aromatic rings. The Morgan fingerprint density at radius 1 is 0.939 bits per heavy atom. The van der Waals surface area contributed by atoms with Crippen LogP contribution in [-0.4, -0.2) is 29.7 Å². The lowest BCUT2D eigenvalue weighted by molar-refractivity contribution is 0.414. The molecule has 33 heavy (non-hydrogen) atoms. The number of rotatable bonds is 8. The maximum absolute atomic E-state index is 5.30. The van der Waals surface area contributed by atoms with Gasteiger partial charge in [-0.15, -0.1) is 0 Å². The minimum absolute atomic E-state index is 0.664. The Labute approximate surface area is 195 Å². The van der Waals surface area contributed by atoms with E-state index >= 15 is 0 Å². The molecule has 0 saturated carbocycles. The second kappa shape index (κ2) is 11.0. The normalized spacial score (nSPS) is 11.3. The summed E-state index contributed by atoms with van der Waals surface area (Å²) in [7, 11) is 3.46. The van der Waals surface area contributed by atoms with E-state index in [-0.39, 0.29) is 0 Å². The van der Waals surface area contributed by atoms with E-state index in [9.17, 15) is 0 Å². The number of nitrogens with one attached hydrogen (secondary N) is 2. The zero-order chi connectivity index (χ0) is 22.9. The number of benzene rings is 3. The van der Waals surface area contributed by atoms with Crippen LogP contribution in [0.15, 0.2) is 96.5 Å². The highest BCUT2D eigenvalue weighted by atomic mass is 16.5. The molecule has 0 saturated heterocycles. The topological polar surface area (TPSA) is 63.5 Å². The van der Waals surface area contributed by atoms with Crippen molar-refractivity contribution in [3.8, 4) is 16.9 Å². The lowest BCUT2D eigenvalue weighted by atomic mass is 9.98. The molecule has 0 spiro atoms. The first kappa shape index (κ1) is 22.1. The van der Waals surface area contributed by atoms with E-state index in [0.29, 0.717) is 13.1 Å². The van der Waals surface area contributed by atoms with Crippen LogP contribution in [0, 0.1) is 0 Å². The zero-order valence-electron chi connectivity index (χ0n) is 19.0. The summed E-state index contributed by atoms with van der Waals surface area (Å²) in [6.07, 6.45) is 5.62. The number of ether oxygens (including phenoxy) is 1. The molecule has 0 amide bonds. The van der Waals surface area contributed by atoms with Gasteiger partial charge < -0.3 is 19.9 Å². The maximum atomic E-state index is 5.30. The van der Waals surface area contributed by atoms with Crippen LogP contribution in [0.3, 0.4) is 0 Å². The van der Waals surface area contributed by atoms with Crippen molar-refractivity contribution in [3.05, 3.63) is 108 Å². The number of methoxy groups -OCH3 is 1. The lowest BCUT2D eigenvalue weighted by Gasteiger charge is -2.15. The second-order valence-electron chi connectivity index (χ2n) is 7.72. The molecular formula is C27H29N5O. The van der Waals surface area contributed by atoms with Gasteiger partial charge >= 0.3 is 0 Å². The van der Waals surface area contributed by atoms with Gasteiger partial charge in [0.1, 0.15) is 5.75 Å². The molecule has 1 aromatic heterocycles. The van der Waals surface area contributed by atoms with Crippen molar-refractivity contribution < 1.29 is 4.74 Å². The molecular weight excluding hydrogens is 410 g/mol. The van der Waals surface area contributed by atoms with Crippen molar-refractivity contribution in [2.24, 2.45) is 4.99 Å². The Kier molecular flexibility index (Phi) is 7.38. The minimum atomic E-state index is 0.664. The fraction of sp³-hybridized carbons (Fsp3) is 0.185. The number of nitrogens with zero attached hydrogens (tertiary/aromatic N) is 3. The number of aromatic nitrogens is 2. The summed E-state index contributed by atoms with van der Waals surface area (Å²) >= 11 is 0. The summed E-state index contributed by atoms with van der Waals surface area (Å²) in [4.78, 5) is 8.48. The average molecular weight is 440 g/mol. The predicted octanol–water partition coefficient (Wildman–Crippen LogP) is 4.47. The summed E-state index contributed by atoms with van der Waals surface area (Å²) in [5.41, 5.74) is 6.00. The predicted molar refractivity (Wildman–Crippen MR) is 133 cm³/mol. The molecule has 0 bridgehead atoms. The molecule has 4 rings (SSSR count). The van der Waals surface area contributed by atoms with E-state index in [0.717, 1.165) is 23.8 Å². The number of hydrogen-bond donors (Lipinski definition) is 2. The van der Waals surface area contributed by atoms with E-state index in [2.05, 4.69) is 79.8 Å². The molecule has 0 aliphatic rings. The van der Waals surface area contributed by atoms with Crippen molar-refractivity contribution in [1.82, 2.24) is 20.2 Å². The summed E-state index contributed by atoms with van der Waals surface area (Å²) in [6.45, 7) is 2.15. The monoisotopic (exact) mass is 439 g/mol. The van der Waals surface area contributed by atoms with E-state index < -0.39 is 0 Å². The highest BCUT2D eigenvalue weighted by Crippen LogP contribution is 2.24. The SMILES string of the molecule is CN=C(NCc1cccc(OC)c1)NCc1ccccc1-c1ccc(Cn2ccnc2)cc1. The maximum Gasteiger partial charge on any atom is 0.191 e. The van der Waals surface area contributed by atoms with E-state index in [4.69, 9.17) is 4.74 Å². The Morgan fingerprint density at radius 3 is 2.52 bits per heavy atom. The molecule has 1 heterocycles. The molecule has 0 fully saturated rings. The van der Waals surface area contributed by atoms with Gasteiger partial charge in [-0.05, 0) is 39.9 Å². The fourth-order valence-electron chi connectivity index (χ4n) is 3.70. The Bertz CT molecular complexity index is 1180. The molecule has 6 heteroatoms. The van der Waals surface area contributed by atoms with Gasteiger partial charge in [-0.1, -0.05) is 60.7 Å². The third-order valence-corrected chi connectivity index (χ3v) is 5.47. The lowest BCUT2D eigenvalue weighted by Crippen LogP contribution is -2.36. The molecule has 0 atom stereocenters. The molecule has 0 radical (unpaired) electrons. The molecule has 0 aliphatic heterocycles. The molecule has 0 aliphatic carbocycles. The number of aliphatic imine (C=N–C) groups is 1. The van der Waals surface area contributed by atoms with Crippen LogP contribution >= 0.6 is 0 Å². The number of guanidine groups is 1. The van der Waals surface area contributed by atoms with Gasteiger partial charge in [0, 0.05) is 39.1 Å².